The van der Waals surface area contributed by atoms with E-state index in [4.69, 9.17) is 0 Å². The number of esters is 1. The number of ether oxygens (including phenoxy) is 1. The van der Waals surface area contributed by atoms with Crippen LogP contribution in [0.5, 0.6) is 0 Å². The Bertz CT molecular complexity index is 328. The van der Waals surface area contributed by atoms with Gasteiger partial charge in [-0.1, -0.05) is 63.6 Å². The van der Waals surface area contributed by atoms with Crippen LogP contribution < -0.4 is 0 Å². The lowest BCUT2D eigenvalue weighted by molar-refractivity contribution is -0.140. The van der Waals surface area contributed by atoms with Gasteiger partial charge < -0.3 is 4.74 Å². The first kappa shape index (κ1) is 17.5. The predicted molar refractivity (Wildman–Crippen MR) is 89.9 cm³/mol. The molecule has 0 amide bonds. The van der Waals surface area contributed by atoms with Crippen LogP contribution in [0, 0.1) is 0 Å². The van der Waals surface area contributed by atoms with E-state index < -0.39 is 8.07 Å². The average molecular weight is 293 g/mol. The molecule has 1 aliphatic carbocycles. The van der Waals surface area contributed by atoms with Crippen LogP contribution in [0.25, 0.3) is 0 Å². The van der Waals surface area contributed by atoms with Crippen molar-refractivity contribution < 1.29 is 9.53 Å². The summed E-state index contributed by atoms with van der Waals surface area (Å²) in [6.45, 7) is 7.25. The van der Waals surface area contributed by atoms with Gasteiger partial charge in [0.1, 0.15) is 7.28 Å². The highest BCUT2D eigenvalue weighted by Crippen LogP contribution is 2.31. The maximum atomic E-state index is 11.1. The number of rotatable bonds is 7. The summed E-state index contributed by atoms with van der Waals surface area (Å²) < 4.78 is 4.69. The maximum Gasteiger partial charge on any atom is 0.305 e. The molecule has 1 radical (unpaired) electrons. The monoisotopic (exact) mass is 293 g/mol. The third-order valence-corrected chi connectivity index (χ3v) is 6.21. The van der Waals surface area contributed by atoms with Crippen molar-refractivity contribution in [1.29, 1.82) is 0 Å². The number of hydrogen-bond donors (Lipinski definition) is 0. The summed E-state index contributed by atoms with van der Waals surface area (Å²) in [7, 11) is 2.75. The third-order valence-electron chi connectivity index (χ3n) is 4.11. The molecule has 0 aromatic carbocycles. The van der Waals surface area contributed by atoms with Gasteiger partial charge in [-0.15, -0.1) is 5.10 Å². The Kier molecular flexibility index (Phi) is 7.64. The Hall–Kier alpha value is -0.508. The molecule has 4 heteroatoms. The van der Waals surface area contributed by atoms with Crippen LogP contribution in [-0.2, 0) is 9.53 Å². The standard InChI is InChI=1S/C16H30BO2Si/c1-19-16(18)13-9-8-12-15(20(2,3)4)17-14-10-6-5-7-11-14/h12,14H,5-11,13H2,1-4H3. The van der Waals surface area contributed by atoms with Crippen LogP contribution in [0.4, 0.5) is 0 Å². The van der Waals surface area contributed by atoms with Crippen LogP contribution >= 0.6 is 0 Å². The number of methoxy groups -OCH3 is 1. The second-order valence-corrected chi connectivity index (χ2v) is 12.0. The van der Waals surface area contributed by atoms with Crippen LogP contribution in [0.15, 0.2) is 11.2 Å². The van der Waals surface area contributed by atoms with Crippen LogP contribution in [0.1, 0.15) is 51.4 Å². The second kappa shape index (κ2) is 8.71. The Balaban J connectivity index is 2.48. The van der Waals surface area contributed by atoms with Crippen molar-refractivity contribution in [3.8, 4) is 0 Å². The Morgan fingerprint density at radius 2 is 1.90 bits per heavy atom. The van der Waals surface area contributed by atoms with Crippen molar-refractivity contribution in [3.05, 3.63) is 11.2 Å². The van der Waals surface area contributed by atoms with E-state index in [0.29, 0.717) is 6.42 Å². The van der Waals surface area contributed by atoms with Gasteiger partial charge in [-0.3, -0.25) is 4.79 Å². The average Bonchev–Trinajstić information content (AvgIpc) is 2.41. The van der Waals surface area contributed by atoms with E-state index in [1.54, 1.807) is 5.10 Å². The zero-order chi connectivity index (χ0) is 15.0. The van der Waals surface area contributed by atoms with E-state index in [9.17, 15) is 4.79 Å². The van der Waals surface area contributed by atoms with Gasteiger partial charge in [0.25, 0.3) is 0 Å². The number of unbranched alkanes of at least 4 members (excludes halogenated alkanes) is 1. The molecule has 0 aromatic rings. The maximum absolute atomic E-state index is 11.1. The Labute approximate surface area is 126 Å². The molecule has 0 unspecified atom stereocenters. The molecule has 20 heavy (non-hydrogen) atoms. The molecule has 0 saturated heterocycles. The van der Waals surface area contributed by atoms with E-state index in [-0.39, 0.29) is 5.97 Å². The number of allylic oxidation sites excluding steroid dienone is 1. The molecular weight excluding hydrogens is 263 g/mol. The molecule has 1 saturated carbocycles. The summed E-state index contributed by atoms with van der Waals surface area (Å²) in [6, 6.07) is 0. The largest absolute Gasteiger partial charge is 0.469 e. The van der Waals surface area contributed by atoms with Crippen molar-refractivity contribution >= 4 is 21.3 Å². The van der Waals surface area contributed by atoms with Crippen LogP contribution in [-0.4, -0.2) is 28.4 Å². The first-order chi connectivity index (χ1) is 9.43. The fraction of sp³-hybridized carbons (Fsp3) is 0.812. The van der Waals surface area contributed by atoms with E-state index in [0.717, 1.165) is 18.7 Å². The summed E-state index contributed by atoms with van der Waals surface area (Å²) in [5.41, 5.74) is 0. The van der Waals surface area contributed by atoms with Crippen molar-refractivity contribution in [2.75, 3.05) is 7.11 Å². The van der Waals surface area contributed by atoms with E-state index >= 15 is 0 Å². The highest BCUT2D eigenvalue weighted by Gasteiger charge is 2.24. The lowest BCUT2D eigenvalue weighted by Gasteiger charge is -2.27. The first-order valence-electron chi connectivity index (χ1n) is 8.06. The minimum Gasteiger partial charge on any atom is -0.469 e. The fourth-order valence-corrected chi connectivity index (χ4v) is 4.28. The molecule has 2 nitrogen and oxygen atoms in total. The molecule has 0 atom stereocenters. The van der Waals surface area contributed by atoms with E-state index in [1.807, 2.05) is 0 Å². The SMILES string of the molecule is COC(=O)CCCC=C([B]C1CCCCC1)[Si](C)(C)C. The van der Waals surface area contributed by atoms with Gasteiger partial charge in [0, 0.05) is 6.42 Å². The van der Waals surface area contributed by atoms with Gasteiger partial charge >= 0.3 is 5.97 Å². The summed E-state index contributed by atoms with van der Waals surface area (Å²) >= 11 is 0. The summed E-state index contributed by atoms with van der Waals surface area (Å²) in [5, 5.41) is 1.59. The summed E-state index contributed by atoms with van der Waals surface area (Å²) in [4.78, 5) is 11.1. The van der Waals surface area contributed by atoms with Crippen molar-refractivity contribution in [3.63, 3.8) is 0 Å². The second-order valence-electron chi connectivity index (χ2n) is 6.94. The summed E-state index contributed by atoms with van der Waals surface area (Å²) in [6.07, 6.45) is 11.8. The first-order valence-corrected chi connectivity index (χ1v) is 11.6. The van der Waals surface area contributed by atoms with Crippen molar-refractivity contribution in [2.24, 2.45) is 0 Å². The minimum atomic E-state index is -1.27. The smallest absolute Gasteiger partial charge is 0.305 e. The van der Waals surface area contributed by atoms with Gasteiger partial charge in [-0.25, -0.2) is 0 Å². The normalized spacial score (nSPS) is 17.9. The summed E-state index contributed by atoms with van der Waals surface area (Å²) in [5.74, 6) is 0.701. The van der Waals surface area contributed by atoms with E-state index in [1.165, 1.54) is 39.2 Å². The number of hydrogen-bond acceptors (Lipinski definition) is 2. The third kappa shape index (κ3) is 6.78. The van der Waals surface area contributed by atoms with Crippen LogP contribution in [0.2, 0.25) is 25.5 Å². The van der Waals surface area contributed by atoms with Gasteiger partial charge in [0.05, 0.1) is 15.2 Å². The molecule has 0 N–H and O–H groups in total. The van der Waals surface area contributed by atoms with Crippen molar-refractivity contribution in [1.82, 2.24) is 0 Å². The molecular formula is C16H30BO2Si. The van der Waals surface area contributed by atoms with Gasteiger partial charge in [0.2, 0.25) is 0 Å². The topological polar surface area (TPSA) is 26.3 Å². The van der Waals surface area contributed by atoms with Gasteiger partial charge in [0.15, 0.2) is 0 Å². The van der Waals surface area contributed by atoms with Crippen molar-refractivity contribution in [2.45, 2.75) is 76.8 Å². The lowest BCUT2D eigenvalue weighted by Crippen LogP contribution is -2.30. The molecule has 1 aliphatic rings. The van der Waals surface area contributed by atoms with E-state index in [2.05, 4.69) is 37.7 Å². The molecule has 1 rings (SSSR count). The quantitative estimate of drug-likeness (QED) is 0.391. The lowest BCUT2D eigenvalue weighted by atomic mass is 9.58. The minimum absolute atomic E-state index is 0.0933. The molecule has 0 bridgehead atoms. The Morgan fingerprint density at radius 1 is 1.25 bits per heavy atom. The number of carbonyl (C=O) groups excluding carboxylic acids is 1. The highest BCUT2D eigenvalue weighted by molar-refractivity contribution is 6.93. The van der Waals surface area contributed by atoms with Gasteiger partial charge in [-0.05, 0) is 12.8 Å². The highest BCUT2D eigenvalue weighted by atomic mass is 28.3. The fourth-order valence-electron chi connectivity index (χ4n) is 2.79. The molecule has 0 aromatic heterocycles. The Morgan fingerprint density at radius 3 is 2.45 bits per heavy atom. The molecule has 113 valence electrons. The van der Waals surface area contributed by atoms with Crippen LogP contribution in [0.3, 0.4) is 0 Å². The molecule has 0 heterocycles. The zero-order valence-corrected chi connectivity index (χ0v) is 14.7. The zero-order valence-electron chi connectivity index (χ0n) is 13.7. The molecule has 0 aliphatic heterocycles. The van der Waals surface area contributed by atoms with Gasteiger partial charge in [-0.2, -0.15) is 0 Å². The predicted octanol–water partition coefficient (Wildman–Crippen LogP) is 4.55. The molecule has 1 fully saturated rings. The number of carbonyl (C=O) groups is 1. The molecule has 0 spiro atoms.